The number of hydrogen-bond donors (Lipinski definition) is 0. The zero-order valence-corrected chi connectivity index (χ0v) is 20.3. The molecule has 7 nitrogen and oxygen atoms in total. The van der Waals surface area contributed by atoms with Gasteiger partial charge in [-0.05, 0) is 60.8 Å². The van der Waals surface area contributed by atoms with Crippen LogP contribution in [0.2, 0.25) is 0 Å². The summed E-state index contributed by atoms with van der Waals surface area (Å²) in [6, 6.07) is -0.438. The molecule has 29 heavy (non-hydrogen) atoms. The van der Waals surface area contributed by atoms with Crippen molar-refractivity contribution >= 4 is 13.7 Å². The normalized spacial score (nSPS) is 27.8. The smallest absolute Gasteiger partial charge is 0.412 e. The van der Waals surface area contributed by atoms with E-state index in [2.05, 4.69) is 0 Å². The highest BCUT2D eigenvalue weighted by Crippen LogP contribution is 2.60. The standard InChI is InChI=1S/C21H40NO6P/c1-15(2)28-29(24,25-8)18-17(14-16-12-10-9-11-13-16)22(21(6,7)26-18)19(23)27-20(3,4)5/h15-18H,9-14H2,1-8H3. The Labute approximate surface area is 176 Å². The van der Waals surface area contributed by atoms with Crippen molar-refractivity contribution in [2.24, 2.45) is 5.92 Å². The van der Waals surface area contributed by atoms with Gasteiger partial charge in [-0.2, -0.15) is 0 Å². The van der Waals surface area contributed by atoms with Crippen molar-refractivity contribution < 1.29 is 27.9 Å². The monoisotopic (exact) mass is 433 g/mol. The SMILES string of the molecule is COP(=O)(OC(C)C)C1OC(C)(C)N(C(=O)OC(C)(C)C)C1CC1CCCCC1. The second kappa shape index (κ2) is 9.25. The van der Waals surface area contributed by atoms with Gasteiger partial charge >= 0.3 is 13.7 Å². The van der Waals surface area contributed by atoms with Crippen molar-refractivity contribution in [2.45, 2.75) is 116 Å². The summed E-state index contributed by atoms with van der Waals surface area (Å²) in [5, 5.41) is 0. The fourth-order valence-electron chi connectivity index (χ4n) is 4.39. The lowest BCUT2D eigenvalue weighted by Crippen LogP contribution is -2.50. The summed E-state index contributed by atoms with van der Waals surface area (Å²) in [5.74, 6) is -0.401. The number of amides is 1. The van der Waals surface area contributed by atoms with E-state index < -0.39 is 36.9 Å². The Hall–Kier alpha value is -0.620. The summed E-state index contributed by atoms with van der Waals surface area (Å²) in [6.45, 7) is 12.8. The molecular formula is C21H40NO6P. The second-order valence-corrected chi connectivity index (χ2v) is 12.2. The molecule has 0 bridgehead atoms. The van der Waals surface area contributed by atoms with E-state index in [1.807, 2.05) is 34.6 Å². The molecule has 2 aliphatic rings. The van der Waals surface area contributed by atoms with E-state index in [4.69, 9.17) is 18.5 Å². The molecular weight excluding hydrogens is 393 g/mol. The lowest BCUT2D eigenvalue weighted by Gasteiger charge is -2.37. The largest absolute Gasteiger partial charge is 0.444 e. The first kappa shape index (κ1) is 24.6. The molecule has 0 aromatic rings. The van der Waals surface area contributed by atoms with Crippen LogP contribution in [0.4, 0.5) is 4.79 Å². The summed E-state index contributed by atoms with van der Waals surface area (Å²) in [7, 11) is -2.23. The van der Waals surface area contributed by atoms with Gasteiger partial charge in [0.15, 0.2) is 5.85 Å². The van der Waals surface area contributed by atoms with E-state index in [0.29, 0.717) is 12.3 Å². The van der Waals surface area contributed by atoms with Gasteiger partial charge in [-0.3, -0.25) is 9.46 Å². The molecule has 0 N–H and O–H groups in total. The molecule has 1 saturated heterocycles. The van der Waals surface area contributed by atoms with Crippen LogP contribution in [0.25, 0.3) is 0 Å². The van der Waals surface area contributed by atoms with Crippen LogP contribution >= 0.6 is 7.60 Å². The Kier molecular flexibility index (Phi) is 7.86. The summed E-state index contributed by atoms with van der Waals surface area (Å²) in [6.07, 6.45) is 5.77. The number of ether oxygens (including phenoxy) is 2. The van der Waals surface area contributed by atoms with Crippen molar-refractivity contribution in [3.05, 3.63) is 0 Å². The molecule has 1 saturated carbocycles. The topological polar surface area (TPSA) is 74.3 Å². The summed E-state index contributed by atoms with van der Waals surface area (Å²) < 4.78 is 36.7. The zero-order chi connectivity index (χ0) is 22.0. The molecule has 2 fully saturated rings. The average molecular weight is 434 g/mol. The quantitative estimate of drug-likeness (QED) is 0.484. The minimum absolute atomic E-state index is 0.293. The maximum Gasteiger partial charge on any atom is 0.412 e. The highest BCUT2D eigenvalue weighted by atomic mass is 31.2. The molecule has 0 aromatic carbocycles. The Morgan fingerprint density at radius 2 is 1.79 bits per heavy atom. The minimum atomic E-state index is -3.61. The van der Waals surface area contributed by atoms with Crippen LogP contribution in [-0.4, -0.2) is 47.4 Å². The maximum atomic E-state index is 13.6. The molecule has 3 atom stereocenters. The Bertz CT molecular complexity index is 609. The van der Waals surface area contributed by atoms with Gasteiger partial charge in [0.1, 0.15) is 11.3 Å². The van der Waals surface area contributed by atoms with Crippen LogP contribution in [-0.2, 0) is 23.1 Å². The van der Waals surface area contributed by atoms with E-state index in [0.717, 1.165) is 12.8 Å². The van der Waals surface area contributed by atoms with Gasteiger partial charge in [-0.1, -0.05) is 32.1 Å². The van der Waals surface area contributed by atoms with Crippen LogP contribution in [0.5, 0.6) is 0 Å². The molecule has 1 heterocycles. The van der Waals surface area contributed by atoms with Crippen molar-refractivity contribution in [1.29, 1.82) is 0 Å². The van der Waals surface area contributed by atoms with Gasteiger partial charge in [-0.15, -0.1) is 0 Å². The third-order valence-electron chi connectivity index (χ3n) is 5.46. The van der Waals surface area contributed by atoms with Gasteiger partial charge < -0.3 is 18.5 Å². The van der Waals surface area contributed by atoms with Gasteiger partial charge in [0.25, 0.3) is 0 Å². The Balaban J connectivity index is 2.40. The molecule has 2 rings (SSSR count). The Morgan fingerprint density at radius 3 is 2.28 bits per heavy atom. The van der Waals surface area contributed by atoms with Crippen LogP contribution < -0.4 is 0 Å². The molecule has 1 amide bonds. The third kappa shape index (κ3) is 6.19. The second-order valence-electron chi connectivity index (χ2n) is 9.99. The molecule has 170 valence electrons. The number of hydrogen-bond acceptors (Lipinski definition) is 6. The van der Waals surface area contributed by atoms with Crippen LogP contribution in [0.3, 0.4) is 0 Å². The lowest BCUT2D eigenvalue weighted by atomic mass is 9.84. The first-order valence-electron chi connectivity index (χ1n) is 10.8. The van der Waals surface area contributed by atoms with E-state index in [9.17, 15) is 9.36 Å². The molecule has 3 unspecified atom stereocenters. The highest BCUT2D eigenvalue weighted by Gasteiger charge is 2.59. The highest BCUT2D eigenvalue weighted by molar-refractivity contribution is 7.54. The Morgan fingerprint density at radius 1 is 1.21 bits per heavy atom. The van der Waals surface area contributed by atoms with E-state index >= 15 is 0 Å². The molecule has 0 aromatic heterocycles. The molecule has 1 aliphatic heterocycles. The van der Waals surface area contributed by atoms with E-state index in [1.165, 1.54) is 26.4 Å². The summed E-state index contributed by atoms with van der Waals surface area (Å²) in [5.41, 5.74) is -1.62. The number of nitrogens with zero attached hydrogens (tertiary/aromatic N) is 1. The minimum Gasteiger partial charge on any atom is -0.444 e. The van der Waals surface area contributed by atoms with Crippen molar-refractivity contribution in [2.75, 3.05) is 7.11 Å². The molecule has 0 spiro atoms. The predicted octanol–water partition coefficient (Wildman–Crippen LogP) is 5.92. The molecule has 1 aliphatic carbocycles. The first-order valence-corrected chi connectivity index (χ1v) is 12.4. The van der Waals surface area contributed by atoms with E-state index in [1.54, 1.807) is 18.7 Å². The molecule has 8 heteroatoms. The zero-order valence-electron chi connectivity index (χ0n) is 19.4. The van der Waals surface area contributed by atoms with Gasteiger partial charge in [0, 0.05) is 7.11 Å². The predicted molar refractivity (Wildman–Crippen MR) is 113 cm³/mol. The average Bonchev–Trinajstić information content (AvgIpc) is 2.84. The van der Waals surface area contributed by atoms with E-state index in [-0.39, 0.29) is 6.10 Å². The summed E-state index contributed by atoms with van der Waals surface area (Å²) >= 11 is 0. The fraction of sp³-hybridized carbons (Fsp3) is 0.952. The third-order valence-corrected chi connectivity index (χ3v) is 7.76. The maximum absolute atomic E-state index is 13.6. The van der Waals surface area contributed by atoms with Crippen molar-refractivity contribution in [3.8, 4) is 0 Å². The molecule has 0 radical (unpaired) electrons. The van der Waals surface area contributed by atoms with Crippen LogP contribution in [0.1, 0.15) is 87.0 Å². The van der Waals surface area contributed by atoms with Crippen LogP contribution in [0.15, 0.2) is 0 Å². The van der Waals surface area contributed by atoms with Crippen LogP contribution in [0, 0.1) is 5.92 Å². The first-order chi connectivity index (χ1) is 13.3. The van der Waals surface area contributed by atoms with Crippen molar-refractivity contribution in [3.63, 3.8) is 0 Å². The van der Waals surface area contributed by atoms with Gasteiger partial charge in [0.2, 0.25) is 0 Å². The summed E-state index contributed by atoms with van der Waals surface area (Å²) in [4.78, 5) is 14.8. The lowest BCUT2D eigenvalue weighted by molar-refractivity contribution is -0.0718. The fourth-order valence-corrected chi connectivity index (χ4v) is 6.45. The number of carbonyl (C=O) groups is 1. The number of rotatable bonds is 6. The number of carbonyl (C=O) groups excluding carboxylic acids is 1. The van der Waals surface area contributed by atoms with Gasteiger partial charge in [0.05, 0.1) is 12.1 Å². The van der Waals surface area contributed by atoms with Crippen molar-refractivity contribution in [1.82, 2.24) is 4.90 Å². The van der Waals surface area contributed by atoms with Gasteiger partial charge in [-0.25, -0.2) is 4.79 Å².